The Balaban J connectivity index is 4.85. The van der Waals surface area contributed by atoms with E-state index < -0.39 is 8.32 Å². The molecule has 0 heterocycles. The van der Waals surface area contributed by atoms with Crippen molar-refractivity contribution in [2.45, 2.75) is 72.0 Å². The van der Waals surface area contributed by atoms with Gasteiger partial charge in [0.1, 0.15) is 0 Å². The maximum absolute atomic E-state index is 11.2. The highest BCUT2D eigenvalue weighted by Gasteiger charge is 2.45. The molecule has 22 heavy (non-hydrogen) atoms. The number of carbonyl (C=O) groups is 1. The molecule has 0 unspecified atom stereocenters. The number of allylic oxidation sites excluding steroid dienone is 1. The molecule has 4 heteroatoms. The maximum atomic E-state index is 11.2. The normalized spacial score (nSPS) is 15.8. The summed E-state index contributed by atoms with van der Waals surface area (Å²) in [5.41, 5.74) is 1.79. The fourth-order valence-corrected chi connectivity index (χ4v) is 8.97. The summed E-state index contributed by atoms with van der Waals surface area (Å²) in [5.74, 6) is 0.372. The monoisotopic (exact) mass is 328 g/mol. The minimum Gasteiger partial charge on any atom is -0.466 e. The van der Waals surface area contributed by atoms with Gasteiger partial charge in [-0.15, -0.1) is 0 Å². The molecule has 0 aromatic heterocycles. The summed E-state index contributed by atoms with van der Waals surface area (Å²) in [7, 11) is -0.403. The van der Waals surface area contributed by atoms with E-state index in [0.29, 0.717) is 22.5 Å². The number of rotatable bonds is 9. The predicted molar refractivity (Wildman–Crippen MR) is 96.5 cm³/mol. The highest BCUT2D eigenvalue weighted by Crippen LogP contribution is 2.42. The van der Waals surface area contributed by atoms with Gasteiger partial charge in [0.25, 0.3) is 0 Å². The van der Waals surface area contributed by atoms with Crippen molar-refractivity contribution in [2.24, 2.45) is 11.8 Å². The summed E-state index contributed by atoms with van der Waals surface area (Å²) in [6.45, 7) is 18.9. The molecule has 0 rings (SSSR count). The van der Waals surface area contributed by atoms with E-state index in [1.165, 1.54) is 13.2 Å². The highest BCUT2D eigenvalue weighted by atomic mass is 28.4. The van der Waals surface area contributed by atoms with Gasteiger partial charge in [0, 0.05) is 12.7 Å². The molecule has 0 spiro atoms. The molecule has 3 nitrogen and oxygen atoms in total. The summed E-state index contributed by atoms with van der Waals surface area (Å²) in [4.78, 5) is 11.2. The number of hydrogen-bond acceptors (Lipinski definition) is 3. The Labute approximate surface area is 138 Å². The van der Waals surface area contributed by atoms with E-state index in [2.05, 4.69) is 60.1 Å². The zero-order valence-corrected chi connectivity index (χ0v) is 17.0. The molecule has 0 saturated carbocycles. The van der Waals surface area contributed by atoms with E-state index in [0.717, 1.165) is 6.61 Å². The van der Waals surface area contributed by atoms with Crippen molar-refractivity contribution < 1.29 is 14.0 Å². The summed E-state index contributed by atoms with van der Waals surface area (Å²) < 4.78 is 11.3. The third kappa shape index (κ3) is 5.54. The molecule has 0 bridgehead atoms. The van der Waals surface area contributed by atoms with Crippen LogP contribution in [0.5, 0.6) is 0 Å². The van der Waals surface area contributed by atoms with Gasteiger partial charge in [0.2, 0.25) is 0 Å². The van der Waals surface area contributed by atoms with Crippen molar-refractivity contribution in [1.82, 2.24) is 0 Å². The number of esters is 1. The van der Waals surface area contributed by atoms with Crippen LogP contribution in [0.2, 0.25) is 16.6 Å². The van der Waals surface area contributed by atoms with Crippen molar-refractivity contribution in [3.05, 3.63) is 12.2 Å². The topological polar surface area (TPSA) is 35.5 Å². The van der Waals surface area contributed by atoms with Crippen LogP contribution in [-0.2, 0) is 14.0 Å². The molecule has 0 aliphatic rings. The number of hydrogen-bond donors (Lipinski definition) is 0. The van der Waals surface area contributed by atoms with E-state index in [1.54, 1.807) is 0 Å². The molecule has 0 saturated heterocycles. The lowest BCUT2D eigenvalue weighted by Gasteiger charge is -2.43. The standard InChI is InChI=1S/C18H36O3Si/c1-13(2)22(14(3)4,15(5)6)21-12-17(8)16(7)10-11-18(19)20-9/h10-11,13-17H,12H2,1-9H3/b11-10+/t16-,17-/m1/s1. The molecule has 0 fully saturated rings. The molecule has 130 valence electrons. The van der Waals surface area contributed by atoms with Gasteiger partial charge in [0.15, 0.2) is 8.32 Å². The summed E-state index contributed by atoms with van der Waals surface area (Å²) in [5, 5.41) is 0. The first kappa shape index (κ1) is 21.4. The van der Waals surface area contributed by atoms with E-state index in [4.69, 9.17) is 4.43 Å². The van der Waals surface area contributed by atoms with Crippen molar-refractivity contribution in [3.8, 4) is 0 Å². The average Bonchev–Trinajstić information content (AvgIpc) is 2.43. The first-order valence-electron chi connectivity index (χ1n) is 8.49. The van der Waals surface area contributed by atoms with E-state index in [9.17, 15) is 4.79 Å². The molecule has 0 aromatic carbocycles. The van der Waals surface area contributed by atoms with Gasteiger partial charge in [-0.05, 0) is 28.5 Å². The minimum atomic E-state index is -1.80. The molecule has 0 aliphatic carbocycles. The number of methoxy groups -OCH3 is 1. The maximum Gasteiger partial charge on any atom is 0.330 e. The second-order valence-electron chi connectivity index (χ2n) is 7.35. The van der Waals surface area contributed by atoms with Gasteiger partial charge in [-0.25, -0.2) is 4.79 Å². The lowest BCUT2D eigenvalue weighted by atomic mass is 9.96. The fourth-order valence-electron chi connectivity index (χ4n) is 3.42. The molecule has 2 atom stereocenters. The molecular weight excluding hydrogens is 292 g/mol. The smallest absolute Gasteiger partial charge is 0.330 e. The first-order chi connectivity index (χ1) is 10.1. The van der Waals surface area contributed by atoms with E-state index in [1.807, 2.05) is 6.08 Å². The van der Waals surface area contributed by atoms with Crippen LogP contribution in [0.25, 0.3) is 0 Å². The van der Waals surface area contributed by atoms with Crippen LogP contribution in [0.1, 0.15) is 55.4 Å². The number of carbonyl (C=O) groups excluding carboxylic acids is 1. The van der Waals surface area contributed by atoms with Crippen molar-refractivity contribution in [3.63, 3.8) is 0 Å². The van der Waals surface area contributed by atoms with Crippen LogP contribution in [0.4, 0.5) is 0 Å². The quantitative estimate of drug-likeness (QED) is 0.332. The van der Waals surface area contributed by atoms with Gasteiger partial charge < -0.3 is 9.16 Å². The van der Waals surface area contributed by atoms with Crippen molar-refractivity contribution in [1.29, 1.82) is 0 Å². The van der Waals surface area contributed by atoms with Crippen LogP contribution in [0.15, 0.2) is 12.2 Å². The summed E-state index contributed by atoms with van der Waals surface area (Å²) >= 11 is 0. The Kier molecular flexibility index (Phi) is 9.24. The second kappa shape index (κ2) is 9.51. The zero-order chi connectivity index (χ0) is 17.5. The largest absolute Gasteiger partial charge is 0.466 e. The van der Waals surface area contributed by atoms with Gasteiger partial charge >= 0.3 is 5.97 Å². The van der Waals surface area contributed by atoms with Crippen molar-refractivity contribution >= 4 is 14.3 Å². The van der Waals surface area contributed by atoms with Crippen molar-refractivity contribution in [2.75, 3.05) is 13.7 Å². The number of ether oxygens (including phenoxy) is 1. The van der Waals surface area contributed by atoms with Gasteiger partial charge in [-0.1, -0.05) is 61.5 Å². The summed E-state index contributed by atoms with van der Waals surface area (Å²) in [6.07, 6.45) is 3.43. The van der Waals surface area contributed by atoms with E-state index >= 15 is 0 Å². The predicted octanol–water partition coefficient (Wildman–Crippen LogP) is 5.18. The Morgan fingerprint density at radius 1 is 0.955 bits per heavy atom. The second-order valence-corrected chi connectivity index (χ2v) is 12.8. The van der Waals surface area contributed by atoms with E-state index in [-0.39, 0.29) is 11.9 Å². The Morgan fingerprint density at radius 2 is 1.41 bits per heavy atom. The Bertz CT molecular complexity index is 340. The first-order valence-corrected chi connectivity index (χ1v) is 10.6. The van der Waals surface area contributed by atoms with Crippen LogP contribution < -0.4 is 0 Å². The Morgan fingerprint density at radius 3 is 1.77 bits per heavy atom. The van der Waals surface area contributed by atoms with Crippen LogP contribution in [-0.4, -0.2) is 28.0 Å². The average molecular weight is 329 g/mol. The SMILES string of the molecule is COC(=O)/C=C/[C@@H](C)[C@H](C)CO[Si](C(C)C)(C(C)C)C(C)C. The zero-order valence-electron chi connectivity index (χ0n) is 16.0. The minimum absolute atomic E-state index is 0.289. The van der Waals surface area contributed by atoms with Gasteiger partial charge in [0.05, 0.1) is 7.11 Å². The van der Waals surface area contributed by atoms with Gasteiger partial charge in [-0.2, -0.15) is 0 Å². The molecule has 0 radical (unpaired) electrons. The summed E-state index contributed by atoms with van der Waals surface area (Å²) in [6, 6.07) is 0. The Hall–Kier alpha value is -0.613. The molecule has 0 aliphatic heterocycles. The van der Waals surface area contributed by atoms with Crippen LogP contribution in [0.3, 0.4) is 0 Å². The van der Waals surface area contributed by atoms with Crippen LogP contribution in [0, 0.1) is 11.8 Å². The molecule has 0 aromatic rings. The van der Waals surface area contributed by atoms with Crippen LogP contribution >= 0.6 is 0 Å². The third-order valence-corrected chi connectivity index (χ3v) is 11.0. The molecular formula is C18H36O3Si. The fraction of sp³-hybridized carbons (Fsp3) is 0.833. The highest BCUT2D eigenvalue weighted by molar-refractivity contribution is 6.77. The molecule has 0 N–H and O–H groups in total. The molecule has 0 amide bonds. The lowest BCUT2D eigenvalue weighted by molar-refractivity contribution is -0.134. The van der Waals surface area contributed by atoms with Gasteiger partial charge in [-0.3, -0.25) is 0 Å². The third-order valence-electron chi connectivity index (χ3n) is 4.94. The lowest BCUT2D eigenvalue weighted by Crippen LogP contribution is -2.48.